The predicted molar refractivity (Wildman–Crippen MR) is 312 cm³/mol. The summed E-state index contributed by atoms with van der Waals surface area (Å²) in [5.74, 6) is 12.1. The first-order valence-electron chi connectivity index (χ1n) is 25.9. The monoisotopic (exact) mass is 1110 g/mol. The number of imidazole rings is 2. The lowest BCUT2D eigenvalue weighted by atomic mass is 10.0. The predicted octanol–water partition coefficient (Wildman–Crippen LogP) is 8.35. The van der Waals surface area contributed by atoms with E-state index in [4.69, 9.17) is 34.8 Å². The van der Waals surface area contributed by atoms with Crippen molar-refractivity contribution in [3.63, 3.8) is 0 Å². The third-order valence-electron chi connectivity index (χ3n) is 13.4. The number of pyridine rings is 2. The van der Waals surface area contributed by atoms with Gasteiger partial charge in [-0.3, -0.25) is 28.8 Å². The van der Waals surface area contributed by atoms with Crippen LogP contribution in [0, 0.1) is 0 Å². The highest BCUT2D eigenvalue weighted by atomic mass is 35.5. The topological polar surface area (TPSA) is 307 Å². The van der Waals surface area contributed by atoms with Crippen molar-refractivity contribution in [2.75, 3.05) is 35.4 Å². The van der Waals surface area contributed by atoms with Gasteiger partial charge in [0.2, 0.25) is 11.1 Å². The number of rotatable bonds is 14. The van der Waals surface area contributed by atoms with Crippen LogP contribution in [0.15, 0.2) is 171 Å². The van der Waals surface area contributed by atoms with Crippen molar-refractivity contribution in [3.8, 4) is 44.8 Å². The Hall–Kier alpha value is -10.1. The minimum atomic E-state index is -0.750. The molecule has 412 valence electrons. The summed E-state index contributed by atoms with van der Waals surface area (Å²) < 4.78 is 2.45. The molecule has 81 heavy (non-hydrogen) atoms. The number of carbonyl (C=O) groups is 6. The molecule has 11 N–H and O–H groups in total. The molecule has 20 nitrogen and oxygen atoms in total. The van der Waals surface area contributed by atoms with E-state index in [2.05, 4.69) is 49.0 Å². The Morgan fingerprint density at radius 1 is 0.568 bits per heavy atom. The van der Waals surface area contributed by atoms with Crippen LogP contribution >= 0.6 is 11.6 Å². The lowest BCUT2D eigenvalue weighted by Gasteiger charge is -2.34. The summed E-state index contributed by atoms with van der Waals surface area (Å²) in [5, 5.41) is 8.55. The molecule has 2 atom stereocenters. The molecular weight excluding hydrogens is 1050 g/mol. The molecule has 21 heteroatoms. The second-order valence-corrected chi connectivity index (χ2v) is 19.1. The smallest absolute Gasteiger partial charge is 0.269 e. The Bertz CT molecular complexity index is 3600. The maximum Gasteiger partial charge on any atom is 0.269 e. The van der Waals surface area contributed by atoms with Gasteiger partial charge in [0.1, 0.15) is 28.8 Å². The van der Waals surface area contributed by atoms with E-state index in [0.29, 0.717) is 64.2 Å². The number of nitrogen functional groups attached to an aromatic ring is 2. The van der Waals surface area contributed by atoms with Gasteiger partial charge in [0.15, 0.2) is 17.2 Å². The molecule has 10 rings (SSSR count). The van der Waals surface area contributed by atoms with Gasteiger partial charge < -0.3 is 44.0 Å². The number of carbonyl (C=O) groups excluding carboxylic acids is 6. The van der Waals surface area contributed by atoms with Gasteiger partial charge in [-0.2, -0.15) is 0 Å². The third kappa shape index (κ3) is 13.8. The average molecular weight is 1110 g/mol. The maximum absolute atomic E-state index is 13.0. The minimum Gasteiger partial charge on any atom is -0.364 e. The number of piperidine rings is 2. The van der Waals surface area contributed by atoms with E-state index in [9.17, 15) is 28.8 Å². The molecule has 2 aliphatic rings. The van der Waals surface area contributed by atoms with Gasteiger partial charge in [-0.25, -0.2) is 29.3 Å². The zero-order chi connectivity index (χ0) is 57.6. The first-order chi connectivity index (χ1) is 39.1. The van der Waals surface area contributed by atoms with Gasteiger partial charge in [0.05, 0.1) is 12.1 Å². The highest BCUT2D eigenvalue weighted by Crippen LogP contribution is 2.35. The third-order valence-corrected chi connectivity index (χ3v) is 13.6. The van der Waals surface area contributed by atoms with Crippen LogP contribution < -0.4 is 39.1 Å². The Kier molecular flexibility index (Phi) is 18.7. The molecule has 2 saturated heterocycles. The van der Waals surface area contributed by atoms with Gasteiger partial charge in [0, 0.05) is 41.2 Å². The number of hydrogen-bond acceptors (Lipinski definition) is 13. The standard InChI is InChI=1S/C30H29N7O3.C27H27N7O2.C3H3ClO/c1-2-25(38)36-17-7-6-10-23(36)29-35-26(27(28(31)39)37(29)32)20-11-13-21(14-12-20)30(40)34-24-18-22(15-16-33-24)19-8-4-3-5-9-19;28-25(35)24-23(33-26(34(24)29)21-8-4-5-14-30-21)18-9-11-19(12-10-18)27(36)32-22-16-20(13-15-31-22)17-6-2-1-3-7-17;1-2-3(4)5/h2-5,8-9,11-16,18,23H,1,6-7,10,17,32H2,(H2,31,39)(H,33,34,40);1-3,6-7,9-13,15-16,21,30H,4-5,8,14,29H2,(H2,28,35)(H,31,32,36);2H,1H2/t23-;21-;/m00./s1. The second kappa shape index (κ2) is 26.5. The van der Waals surface area contributed by atoms with Crippen molar-refractivity contribution in [2.45, 2.75) is 50.6 Å². The van der Waals surface area contributed by atoms with Crippen molar-refractivity contribution < 1.29 is 28.8 Å². The minimum absolute atomic E-state index is 0.0192. The SMILES string of the molecule is C=CC(=O)Cl.C=CC(=O)N1CCCC[C@H]1c1nc(-c2ccc(C(=O)Nc3cc(-c4ccccc4)ccn3)cc2)c(C(N)=O)n1N.NC(=O)c1c(-c2ccc(C(=O)Nc3cc(-c4ccccc4)ccn3)cc2)nc([C@@H]2CCCCN2)n1N. The highest BCUT2D eigenvalue weighted by molar-refractivity contribution is 6.66. The van der Waals surface area contributed by atoms with Crippen molar-refractivity contribution >= 4 is 58.0 Å². The lowest BCUT2D eigenvalue weighted by Crippen LogP contribution is -2.39. The van der Waals surface area contributed by atoms with E-state index in [-0.39, 0.29) is 40.8 Å². The molecule has 0 spiro atoms. The molecular formula is C60H59ClN14O6. The van der Waals surface area contributed by atoms with Crippen LogP contribution in [-0.2, 0) is 9.59 Å². The summed E-state index contributed by atoms with van der Waals surface area (Å²) in [5.41, 5.74) is 18.1. The number of amides is 5. The van der Waals surface area contributed by atoms with Crippen LogP contribution in [0.3, 0.4) is 0 Å². The van der Waals surface area contributed by atoms with E-state index < -0.39 is 23.1 Å². The summed E-state index contributed by atoms with van der Waals surface area (Å²) in [6, 6.07) is 40.0. The molecule has 0 radical (unpaired) electrons. The summed E-state index contributed by atoms with van der Waals surface area (Å²) in [7, 11) is 0. The average Bonchev–Trinajstić information content (AvgIpc) is 4.20. The number of nitrogens with two attached hydrogens (primary N) is 4. The summed E-state index contributed by atoms with van der Waals surface area (Å²) in [6.07, 6.45) is 11.0. The number of nitrogens with one attached hydrogen (secondary N) is 3. The van der Waals surface area contributed by atoms with Crippen LogP contribution in [-0.4, -0.2) is 82.1 Å². The van der Waals surface area contributed by atoms with Crippen molar-refractivity contribution in [2.24, 2.45) is 11.5 Å². The fourth-order valence-electron chi connectivity index (χ4n) is 9.46. The first kappa shape index (κ1) is 57.1. The number of allylic oxidation sites excluding steroid dienone is 1. The zero-order valence-corrected chi connectivity index (χ0v) is 44.8. The molecule has 0 saturated carbocycles. The Morgan fingerprint density at radius 2 is 1.02 bits per heavy atom. The zero-order valence-electron chi connectivity index (χ0n) is 44.0. The number of aromatic nitrogens is 6. The molecule has 4 aromatic heterocycles. The molecule has 2 aliphatic heterocycles. The summed E-state index contributed by atoms with van der Waals surface area (Å²) >= 11 is 4.71. The van der Waals surface area contributed by atoms with Gasteiger partial charge in [-0.05, 0) is 133 Å². The van der Waals surface area contributed by atoms with E-state index in [1.165, 1.54) is 15.4 Å². The van der Waals surface area contributed by atoms with Gasteiger partial charge in [-0.1, -0.05) is 105 Å². The molecule has 0 aliphatic carbocycles. The van der Waals surface area contributed by atoms with Crippen molar-refractivity contribution in [1.82, 2.24) is 39.5 Å². The van der Waals surface area contributed by atoms with Crippen molar-refractivity contribution in [3.05, 3.63) is 205 Å². The van der Waals surface area contributed by atoms with E-state index in [0.717, 1.165) is 67.0 Å². The normalized spacial score (nSPS) is 14.6. The first-order valence-corrected chi connectivity index (χ1v) is 26.2. The number of nitrogens with zero attached hydrogens (tertiary/aromatic N) is 7. The number of anilines is 2. The van der Waals surface area contributed by atoms with Crippen LogP contribution in [0.5, 0.6) is 0 Å². The fraction of sp³-hybridized carbons (Fsp3) is 0.167. The van der Waals surface area contributed by atoms with Gasteiger partial charge in [-0.15, -0.1) is 0 Å². The van der Waals surface area contributed by atoms with Gasteiger partial charge >= 0.3 is 0 Å². The maximum atomic E-state index is 13.0. The van der Waals surface area contributed by atoms with Crippen LogP contribution in [0.25, 0.3) is 44.8 Å². The largest absolute Gasteiger partial charge is 0.364 e. The highest BCUT2D eigenvalue weighted by Gasteiger charge is 2.34. The summed E-state index contributed by atoms with van der Waals surface area (Å²) in [4.78, 5) is 91.9. The number of benzene rings is 4. The molecule has 2 fully saturated rings. The number of hydrogen-bond donors (Lipinski definition) is 7. The molecule has 6 heterocycles. The molecule has 4 aromatic carbocycles. The number of primary amides is 2. The Labute approximate surface area is 471 Å². The Balaban J connectivity index is 0.000000197. The molecule has 5 amide bonds. The van der Waals surface area contributed by atoms with E-state index in [1.807, 2.05) is 84.9 Å². The lowest BCUT2D eigenvalue weighted by molar-refractivity contribution is -0.130. The van der Waals surface area contributed by atoms with Crippen LogP contribution in [0.1, 0.15) is 104 Å². The number of halogens is 1. The van der Waals surface area contributed by atoms with E-state index >= 15 is 0 Å². The van der Waals surface area contributed by atoms with Crippen molar-refractivity contribution in [1.29, 1.82) is 0 Å². The number of likely N-dealkylation sites (tertiary alicyclic amines) is 1. The van der Waals surface area contributed by atoms with Crippen LogP contribution in [0.4, 0.5) is 11.6 Å². The van der Waals surface area contributed by atoms with E-state index in [1.54, 1.807) is 65.8 Å². The fourth-order valence-corrected chi connectivity index (χ4v) is 9.46. The van der Waals surface area contributed by atoms with Gasteiger partial charge in [0.25, 0.3) is 23.6 Å². The molecule has 0 bridgehead atoms. The quantitative estimate of drug-likeness (QED) is 0.0306. The summed E-state index contributed by atoms with van der Waals surface area (Å²) in [6.45, 7) is 8.08. The Morgan fingerprint density at radius 3 is 1.46 bits per heavy atom. The van der Waals surface area contributed by atoms with Crippen LogP contribution in [0.2, 0.25) is 0 Å². The second-order valence-electron chi connectivity index (χ2n) is 18.7. The molecule has 8 aromatic rings. The molecule has 0 unspecified atom stereocenters.